The molecule has 0 fully saturated rings. The number of carbonyl (C=O) groups is 1. The first-order chi connectivity index (χ1) is 9.65. The van der Waals surface area contributed by atoms with Gasteiger partial charge in [-0.1, -0.05) is 56.7 Å². The largest absolute Gasteiger partial charge is 0.304 e. The summed E-state index contributed by atoms with van der Waals surface area (Å²) in [5.41, 5.74) is 1.60. The van der Waals surface area contributed by atoms with Crippen molar-refractivity contribution in [1.82, 2.24) is 15.0 Å². The fraction of sp³-hybridized carbons (Fsp3) is 0.571. The molecule has 2 rings (SSSR count). The third-order valence-electron chi connectivity index (χ3n) is 3.30. The molecule has 0 aliphatic heterocycles. The Hall–Kier alpha value is -1.30. The standard InChI is InChI=1S/C14H19BN3OS/c1-4-6-10(7-5-2)15-12(19)14-18-11-9(3)16-8-17-13(11)20-14/h8,10H,4-7H2,1-3H3. The molecule has 0 saturated heterocycles. The lowest BCUT2D eigenvalue weighted by Crippen LogP contribution is -2.15. The number of aryl methyl sites for hydroxylation is 1. The molecule has 2 aromatic rings. The number of rotatable bonds is 7. The van der Waals surface area contributed by atoms with Crippen molar-refractivity contribution < 1.29 is 4.79 Å². The monoisotopic (exact) mass is 288 g/mol. The van der Waals surface area contributed by atoms with Crippen LogP contribution in [0.15, 0.2) is 6.33 Å². The van der Waals surface area contributed by atoms with Crippen molar-refractivity contribution in [2.24, 2.45) is 0 Å². The molecule has 0 aliphatic rings. The average molecular weight is 288 g/mol. The van der Waals surface area contributed by atoms with Gasteiger partial charge in [-0.2, -0.15) is 0 Å². The zero-order valence-electron chi connectivity index (χ0n) is 12.2. The van der Waals surface area contributed by atoms with Crippen LogP contribution in [0.1, 0.15) is 55.0 Å². The van der Waals surface area contributed by atoms with Crippen molar-refractivity contribution in [3.8, 4) is 0 Å². The Morgan fingerprint density at radius 2 is 2.00 bits per heavy atom. The second-order valence-corrected chi connectivity index (χ2v) is 5.98. The molecule has 4 nitrogen and oxygen atoms in total. The maximum Gasteiger partial charge on any atom is 0.216 e. The Kier molecular flexibility index (Phi) is 5.23. The minimum absolute atomic E-state index is 0.0271. The average Bonchev–Trinajstić information content (AvgIpc) is 2.85. The highest BCUT2D eigenvalue weighted by Gasteiger charge is 2.20. The molecule has 2 aromatic heterocycles. The molecule has 0 N–H and O–H groups in total. The first-order valence-corrected chi connectivity index (χ1v) is 7.94. The van der Waals surface area contributed by atoms with Gasteiger partial charge in [0, 0.05) is 0 Å². The van der Waals surface area contributed by atoms with Crippen molar-refractivity contribution in [3.05, 3.63) is 17.0 Å². The zero-order chi connectivity index (χ0) is 14.5. The van der Waals surface area contributed by atoms with Gasteiger partial charge in [0.1, 0.15) is 22.4 Å². The molecular weight excluding hydrogens is 269 g/mol. The number of hydrogen-bond donors (Lipinski definition) is 0. The maximum atomic E-state index is 12.3. The second kappa shape index (κ2) is 6.93. The highest BCUT2D eigenvalue weighted by Crippen LogP contribution is 2.24. The van der Waals surface area contributed by atoms with Gasteiger partial charge >= 0.3 is 0 Å². The summed E-state index contributed by atoms with van der Waals surface area (Å²) in [6.45, 7) is 6.19. The number of hydrogen-bond acceptors (Lipinski definition) is 5. The van der Waals surface area contributed by atoms with Crippen molar-refractivity contribution in [1.29, 1.82) is 0 Å². The highest BCUT2D eigenvalue weighted by atomic mass is 32.1. The Labute approximate surface area is 124 Å². The fourth-order valence-corrected chi connectivity index (χ4v) is 3.19. The van der Waals surface area contributed by atoms with Crippen LogP contribution in [0.25, 0.3) is 10.3 Å². The van der Waals surface area contributed by atoms with E-state index in [0.29, 0.717) is 10.8 Å². The summed E-state index contributed by atoms with van der Waals surface area (Å²) in [5, 5.41) is 0.529. The molecule has 0 spiro atoms. The van der Waals surface area contributed by atoms with Crippen LogP contribution in [0.2, 0.25) is 5.82 Å². The number of fused-ring (bicyclic) bond motifs is 1. The van der Waals surface area contributed by atoms with E-state index in [4.69, 9.17) is 0 Å². The van der Waals surface area contributed by atoms with Crippen LogP contribution in [0.5, 0.6) is 0 Å². The van der Waals surface area contributed by atoms with Gasteiger partial charge in [0.15, 0.2) is 5.01 Å². The van der Waals surface area contributed by atoms with Crippen LogP contribution < -0.4 is 0 Å². The number of aromatic nitrogens is 3. The number of thiazole rings is 1. The fourth-order valence-electron chi connectivity index (χ4n) is 2.31. The van der Waals surface area contributed by atoms with Crippen molar-refractivity contribution in [2.75, 3.05) is 0 Å². The molecule has 0 atom stereocenters. The molecule has 0 amide bonds. The molecule has 105 valence electrons. The van der Waals surface area contributed by atoms with Gasteiger partial charge in [0.2, 0.25) is 7.28 Å². The van der Waals surface area contributed by atoms with E-state index in [1.54, 1.807) is 0 Å². The maximum absolute atomic E-state index is 12.3. The molecule has 0 unspecified atom stereocenters. The molecule has 0 bridgehead atoms. The first kappa shape index (κ1) is 15.1. The van der Waals surface area contributed by atoms with Crippen LogP contribution in [0, 0.1) is 6.92 Å². The molecule has 20 heavy (non-hydrogen) atoms. The Bertz CT molecular complexity index is 593. The van der Waals surface area contributed by atoms with E-state index in [9.17, 15) is 4.79 Å². The lowest BCUT2D eigenvalue weighted by atomic mass is 9.58. The summed E-state index contributed by atoms with van der Waals surface area (Å²) < 4.78 is 0. The lowest BCUT2D eigenvalue weighted by molar-refractivity contribution is 0.107. The topological polar surface area (TPSA) is 55.7 Å². The predicted molar refractivity (Wildman–Crippen MR) is 83.6 cm³/mol. The van der Waals surface area contributed by atoms with Crippen molar-refractivity contribution in [3.63, 3.8) is 0 Å². The van der Waals surface area contributed by atoms with E-state index >= 15 is 0 Å². The molecule has 6 heteroatoms. The van der Waals surface area contributed by atoms with Crippen LogP contribution in [-0.4, -0.2) is 27.9 Å². The van der Waals surface area contributed by atoms with Crippen molar-refractivity contribution >= 4 is 34.6 Å². The van der Waals surface area contributed by atoms with Gasteiger partial charge in [-0.25, -0.2) is 15.0 Å². The van der Waals surface area contributed by atoms with Gasteiger partial charge < -0.3 is 4.79 Å². The highest BCUT2D eigenvalue weighted by molar-refractivity contribution is 7.21. The van der Waals surface area contributed by atoms with E-state index in [1.807, 2.05) is 14.2 Å². The first-order valence-electron chi connectivity index (χ1n) is 7.13. The molecule has 2 heterocycles. The summed E-state index contributed by atoms with van der Waals surface area (Å²) in [4.78, 5) is 25.8. The van der Waals surface area contributed by atoms with Crippen LogP contribution >= 0.6 is 11.3 Å². The van der Waals surface area contributed by atoms with Crippen LogP contribution in [0.3, 0.4) is 0 Å². The Morgan fingerprint density at radius 1 is 1.30 bits per heavy atom. The summed E-state index contributed by atoms with van der Waals surface area (Å²) in [7, 11) is 1.84. The van der Waals surface area contributed by atoms with E-state index in [0.717, 1.165) is 41.7 Å². The van der Waals surface area contributed by atoms with Gasteiger partial charge in [-0.05, 0) is 6.92 Å². The SMILES string of the molecule is CCCC([B]C(=O)c1nc2c(C)ncnc2s1)CCC. The summed E-state index contributed by atoms with van der Waals surface area (Å²) in [6.07, 6.45) is 5.83. The Morgan fingerprint density at radius 3 is 2.60 bits per heavy atom. The normalized spacial score (nSPS) is 11.2. The smallest absolute Gasteiger partial charge is 0.216 e. The van der Waals surface area contributed by atoms with Crippen molar-refractivity contribution in [2.45, 2.75) is 52.3 Å². The van der Waals surface area contributed by atoms with Crippen LogP contribution in [0.4, 0.5) is 0 Å². The molecular formula is C14H19BN3OS. The van der Waals surface area contributed by atoms with Crippen LogP contribution in [-0.2, 0) is 0 Å². The molecule has 0 aliphatic carbocycles. The van der Waals surface area contributed by atoms with E-state index in [1.165, 1.54) is 17.7 Å². The van der Waals surface area contributed by atoms with Gasteiger partial charge in [-0.3, -0.25) is 0 Å². The molecule has 1 radical (unpaired) electrons. The minimum atomic E-state index is 0.0271. The minimum Gasteiger partial charge on any atom is -0.304 e. The summed E-state index contributed by atoms with van der Waals surface area (Å²) in [6, 6.07) is 0. The molecule has 0 aromatic carbocycles. The number of nitrogens with zero attached hydrogens (tertiary/aromatic N) is 3. The van der Waals surface area contributed by atoms with E-state index in [-0.39, 0.29) is 5.68 Å². The third-order valence-corrected chi connectivity index (χ3v) is 4.27. The second-order valence-electron chi connectivity index (χ2n) is 5.00. The predicted octanol–water partition coefficient (Wildman–Crippen LogP) is 3.63. The summed E-state index contributed by atoms with van der Waals surface area (Å²) >= 11 is 1.35. The zero-order valence-corrected chi connectivity index (χ0v) is 13.0. The quantitative estimate of drug-likeness (QED) is 0.730. The number of carbonyl (C=O) groups excluding carboxylic acids is 1. The Balaban J connectivity index is 2.16. The lowest BCUT2D eigenvalue weighted by Gasteiger charge is -2.11. The van der Waals surface area contributed by atoms with Gasteiger partial charge in [0.05, 0.1) is 5.69 Å². The van der Waals surface area contributed by atoms with E-state index < -0.39 is 0 Å². The van der Waals surface area contributed by atoms with Gasteiger partial charge in [0.25, 0.3) is 0 Å². The van der Waals surface area contributed by atoms with E-state index in [2.05, 4.69) is 28.8 Å². The third kappa shape index (κ3) is 3.42. The molecule has 0 saturated carbocycles. The van der Waals surface area contributed by atoms with Gasteiger partial charge in [-0.15, -0.1) is 0 Å². The summed E-state index contributed by atoms with van der Waals surface area (Å²) in [5.74, 6) is 0.358.